The zero-order chi connectivity index (χ0) is 13.8. The molecule has 0 radical (unpaired) electrons. The Labute approximate surface area is 122 Å². The number of nitrogens with one attached hydrogen (secondary N) is 1. The van der Waals surface area contributed by atoms with Crippen LogP contribution in [-0.2, 0) is 5.88 Å². The SMILES string of the molecule is Cc1c(Cl)cccc1C(=O)Nc1ccccc1CCl. The third-order valence-corrected chi connectivity index (χ3v) is 3.62. The van der Waals surface area contributed by atoms with Crippen LogP contribution < -0.4 is 5.32 Å². The van der Waals surface area contributed by atoms with Gasteiger partial charge in [-0.05, 0) is 36.2 Å². The number of carbonyl (C=O) groups is 1. The number of alkyl halides is 1. The van der Waals surface area contributed by atoms with E-state index in [9.17, 15) is 4.79 Å². The summed E-state index contributed by atoms with van der Waals surface area (Å²) in [5, 5.41) is 3.45. The van der Waals surface area contributed by atoms with E-state index < -0.39 is 0 Å². The number of carbonyl (C=O) groups excluding carboxylic acids is 1. The fourth-order valence-corrected chi connectivity index (χ4v) is 2.21. The van der Waals surface area contributed by atoms with Crippen molar-refractivity contribution in [1.82, 2.24) is 0 Å². The van der Waals surface area contributed by atoms with Crippen molar-refractivity contribution in [3.05, 3.63) is 64.2 Å². The van der Waals surface area contributed by atoms with Crippen molar-refractivity contribution in [2.24, 2.45) is 0 Å². The predicted octanol–water partition coefficient (Wildman–Crippen LogP) is 4.64. The Kier molecular flexibility index (Phi) is 4.46. The third-order valence-electron chi connectivity index (χ3n) is 2.92. The number of para-hydroxylation sites is 1. The molecule has 0 atom stereocenters. The van der Waals surface area contributed by atoms with Gasteiger partial charge >= 0.3 is 0 Å². The van der Waals surface area contributed by atoms with Crippen molar-refractivity contribution in [3.63, 3.8) is 0 Å². The Bertz CT molecular complexity index is 611. The molecule has 0 spiro atoms. The molecule has 0 bridgehead atoms. The van der Waals surface area contributed by atoms with Crippen molar-refractivity contribution >= 4 is 34.8 Å². The second kappa shape index (κ2) is 6.09. The van der Waals surface area contributed by atoms with Gasteiger partial charge < -0.3 is 5.32 Å². The minimum atomic E-state index is -0.183. The molecule has 4 heteroatoms. The minimum Gasteiger partial charge on any atom is -0.322 e. The van der Waals surface area contributed by atoms with E-state index in [0.717, 1.165) is 16.8 Å². The van der Waals surface area contributed by atoms with Gasteiger partial charge in [-0.3, -0.25) is 4.79 Å². The first-order valence-electron chi connectivity index (χ1n) is 5.84. The van der Waals surface area contributed by atoms with Crippen LogP contribution in [0.1, 0.15) is 21.5 Å². The van der Waals surface area contributed by atoms with Crippen LogP contribution in [-0.4, -0.2) is 5.91 Å². The molecule has 19 heavy (non-hydrogen) atoms. The largest absolute Gasteiger partial charge is 0.322 e. The Morgan fingerprint density at radius 1 is 1.16 bits per heavy atom. The summed E-state index contributed by atoms with van der Waals surface area (Å²) in [6, 6.07) is 12.7. The fraction of sp³-hybridized carbons (Fsp3) is 0.133. The number of hydrogen-bond donors (Lipinski definition) is 1. The quantitative estimate of drug-likeness (QED) is 0.821. The van der Waals surface area contributed by atoms with Gasteiger partial charge in [0.25, 0.3) is 5.91 Å². The van der Waals surface area contributed by atoms with Crippen LogP contribution in [0.15, 0.2) is 42.5 Å². The summed E-state index contributed by atoms with van der Waals surface area (Å²) < 4.78 is 0. The molecule has 2 aromatic rings. The zero-order valence-electron chi connectivity index (χ0n) is 10.4. The molecule has 0 unspecified atom stereocenters. The smallest absolute Gasteiger partial charge is 0.255 e. The van der Waals surface area contributed by atoms with Gasteiger partial charge in [0.2, 0.25) is 0 Å². The molecule has 2 nitrogen and oxygen atoms in total. The third kappa shape index (κ3) is 3.09. The van der Waals surface area contributed by atoms with Gasteiger partial charge in [0.1, 0.15) is 0 Å². The van der Waals surface area contributed by atoms with E-state index in [1.807, 2.05) is 31.2 Å². The molecule has 1 N–H and O–H groups in total. The first-order chi connectivity index (χ1) is 9.13. The Morgan fingerprint density at radius 2 is 1.89 bits per heavy atom. The lowest BCUT2D eigenvalue weighted by Crippen LogP contribution is -2.14. The molecule has 0 heterocycles. The average Bonchev–Trinajstić information content (AvgIpc) is 2.42. The monoisotopic (exact) mass is 293 g/mol. The van der Waals surface area contributed by atoms with E-state index in [2.05, 4.69) is 5.32 Å². The second-order valence-corrected chi connectivity index (χ2v) is 4.83. The van der Waals surface area contributed by atoms with Crippen LogP contribution in [0.25, 0.3) is 0 Å². The predicted molar refractivity (Wildman–Crippen MR) is 80.1 cm³/mol. The van der Waals surface area contributed by atoms with Gasteiger partial charge in [0.15, 0.2) is 0 Å². The van der Waals surface area contributed by atoms with Crippen LogP contribution in [0.5, 0.6) is 0 Å². The summed E-state index contributed by atoms with van der Waals surface area (Å²) in [6.45, 7) is 1.82. The number of hydrogen-bond acceptors (Lipinski definition) is 1. The van der Waals surface area contributed by atoms with Crippen LogP contribution in [0.4, 0.5) is 5.69 Å². The summed E-state index contributed by atoms with van der Waals surface area (Å²) >= 11 is 11.9. The molecule has 0 saturated heterocycles. The van der Waals surface area contributed by atoms with Gasteiger partial charge in [-0.2, -0.15) is 0 Å². The maximum Gasteiger partial charge on any atom is 0.255 e. The van der Waals surface area contributed by atoms with Crippen molar-refractivity contribution in [2.75, 3.05) is 5.32 Å². The standard InChI is InChI=1S/C15H13Cl2NO/c1-10-12(6-4-7-13(10)17)15(19)18-14-8-3-2-5-11(14)9-16/h2-8H,9H2,1H3,(H,18,19). The highest BCUT2D eigenvalue weighted by molar-refractivity contribution is 6.32. The highest BCUT2D eigenvalue weighted by Crippen LogP contribution is 2.22. The maximum atomic E-state index is 12.2. The number of halogens is 2. The van der Waals surface area contributed by atoms with Gasteiger partial charge in [0.05, 0.1) is 0 Å². The molecule has 0 saturated carbocycles. The molecule has 0 fully saturated rings. The minimum absolute atomic E-state index is 0.183. The molecular formula is C15H13Cl2NO. The second-order valence-electron chi connectivity index (χ2n) is 4.16. The van der Waals surface area contributed by atoms with Crippen molar-refractivity contribution in [2.45, 2.75) is 12.8 Å². The molecule has 2 aromatic carbocycles. The van der Waals surface area contributed by atoms with Crippen molar-refractivity contribution in [1.29, 1.82) is 0 Å². The van der Waals surface area contributed by atoms with E-state index in [4.69, 9.17) is 23.2 Å². The van der Waals surface area contributed by atoms with Crippen LogP contribution >= 0.6 is 23.2 Å². The van der Waals surface area contributed by atoms with E-state index in [0.29, 0.717) is 16.5 Å². The highest BCUT2D eigenvalue weighted by Gasteiger charge is 2.12. The number of rotatable bonds is 3. The Balaban J connectivity index is 2.28. The van der Waals surface area contributed by atoms with E-state index in [1.54, 1.807) is 18.2 Å². The topological polar surface area (TPSA) is 29.1 Å². The van der Waals surface area contributed by atoms with E-state index in [-0.39, 0.29) is 5.91 Å². The van der Waals surface area contributed by atoms with Gasteiger partial charge in [-0.25, -0.2) is 0 Å². The number of amides is 1. The lowest BCUT2D eigenvalue weighted by atomic mass is 10.1. The van der Waals surface area contributed by atoms with Gasteiger partial charge in [-0.15, -0.1) is 11.6 Å². The normalized spacial score (nSPS) is 10.3. The number of anilines is 1. The Hall–Kier alpha value is -1.51. The molecule has 2 rings (SSSR count). The average molecular weight is 294 g/mol. The first kappa shape index (κ1) is 13.9. The van der Waals surface area contributed by atoms with E-state index in [1.165, 1.54) is 0 Å². The van der Waals surface area contributed by atoms with Crippen molar-refractivity contribution < 1.29 is 4.79 Å². The van der Waals surface area contributed by atoms with Crippen LogP contribution in [0, 0.1) is 6.92 Å². The van der Waals surface area contributed by atoms with Gasteiger partial charge in [-0.1, -0.05) is 35.9 Å². The summed E-state index contributed by atoms with van der Waals surface area (Å²) in [6.07, 6.45) is 0. The molecule has 0 aliphatic heterocycles. The summed E-state index contributed by atoms with van der Waals surface area (Å²) in [4.78, 5) is 12.2. The molecule has 0 aromatic heterocycles. The summed E-state index contributed by atoms with van der Waals surface area (Å²) in [5.41, 5.74) is 2.95. The highest BCUT2D eigenvalue weighted by atomic mass is 35.5. The summed E-state index contributed by atoms with van der Waals surface area (Å²) in [7, 11) is 0. The lowest BCUT2D eigenvalue weighted by molar-refractivity contribution is 0.102. The van der Waals surface area contributed by atoms with Gasteiger partial charge in [0, 0.05) is 22.2 Å². The maximum absolute atomic E-state index is 12.2. The van der Waals surface area contributed by atoms with Crippen LogP contribution in [0.3, 0.4) is 0 Å². The Morgan fingerprint density at radius 3 is 2.63 bits per heavy atom. The molecule has 0 aliphatic carbocycles. The van der Waals surface area contributed by atoms with Crippen molar-refractivity contribution in [3.8, 4) is 0 Å². The summed E-state index contributed by atoms with van der Waals surface area (Å²) in [5.74, 6) is 0.169. The number of benzene rings is 2. The zero-order valence-corrected chi connectivity index (χ0v) is 11.9. The van der Waals surface area contributed by atoms with E-state index >= 15 is 0 Å². The molecule has 1 amide bonds. The molecule has 0 aliphatic rings. The molecule has 98 valence electrons. The lowest BCUT2D eigenvalue weighted by Gasteiger charge is -2.11. The first-order valence-corrected chi connectivity index (χ1v) is 6.75. The fourth-order valence-electron chi connectivity index (χ4n) is 1.80. The molecular weight excluding hydrogens is 281 g/mol. The van der Waals surface area contributed by atoms with Crippen LogP contribution in [0.2, 0.25) is 5.02 Å².